The fourth-order valence-corrected chi connectivity index (χ4v) is 7.67. The number of pyridine rings is 6. The Morgan fingerprint density at radius 1 is 0.295 bits per heavy atom. The molecule has 0 fully saturated rings. The number of benzene rings is 4. The molecule has 6 heterocycles. The Morgan fingerprint density at radius 3 is 0.910 bits per heavy atom. The van der Waals surface area contributed by atoms with Crippen LogP contribution in [0.4, 0.5) is 0 Å². The molecule has 10 rings (SSSR count). The van der Waals surface area contributed by atoms with Gasteiger partial charge in [0.25, 0.3) is 0 Å². The number of ether oxygens (including phenoxy) is 4. The summed E-state index contributed by atoms with van der Waals surface area (Å²) in [7, 11) is 8.72. The van der Waals surface area contributed by atoms with Crippen LogP contribution in [0.25, 0.3) is 82.8 Å². The molecule has 0 unspecified atom stereocenters. The predicted molar refractivity (Wildman–Crippen MR) is 313 cm³/mol. The minimum atomic E-state index is 0. The smallest absolute Gasteiger partial charge is 0.231 e. The van der Waals surface area contributed by atoms with Crippen LogP contribution in [-0.4, -0.2) is 53.4 Å². The minimum absolute atomic E-state index is 0. The number of aryl methyl sites for hydroxylation is 1. The molecule has 0 saturated carbocycles. The molecule has 10 nitrogen and oxygen atoms in total. The molecular formula is C67H59N6O4Ru+. The number of aromatic nitrogens is 6. The number of hydrogen-bond donors (Lipinski definition) is 0. The molecule has 0 atom stereocenters. The van der Waals surface area contributed by atoms with E-state index >= 15 is 0 Å². The van der Waals surface area contributed by atoms with E-state index in [9.17, 15) is 0 Å². The zero-order valence-electron chi connectivity index (χ0n) is 44.1. The molecule has 0 spiro atoms. The third-order valence-electron chi connectivity index (χ3n) is 12.0. The van der Waals surface area contributed by atoms with Gasteiger partial charge in [0.1, 0.15) is 35.7 Å². The fraction of sp³-hybridized carbons (Fsp3) is 0.0746. The molecule has 0 amide bonds. The SMILES string of the molecule is COc1ccc(/C=C/c2ccnc(-c3cc(/C=C/c4ccc(OC)cc4)cc[n+]3C)c2)cc1.COc1ccc(/C=C/c2ccnc(-c3cc(/C=C/c4ccc(OC)cc4)ccn3)c2)cc1.[Ru].c1ccc(-c2ccccn2)nc1. The van der Waals surface area contributed by atoms with Crippen molar-refractivity contribution in [2.75, 3.05) is 28.4 Å². The van der Waals surface area contributed by atoms with Gasteiger partial charge in [-0.3, -0.25) is 19.9 Å². The molecular weight excluding hydrogens is 1050 g/mol. The molecule has 0 aliphatic heterocycles. The third kappa shape index (κ3) is 17.0. The van der Waals surface area contributed by atoms with Crippen LogP contribution in [0.3, 0.4) is 0 Å². The molecule has 0 aliphatic carbocycles. The first-order valence-corrected chi connectivity index (χ1v) is 24.8. The van der Waals surface area contributed by atoms with Crippen LogP contribution in [0.2, 0.25) is 0 Å². The zero-order chi connectivity index (χ0) is 53.4. The first kappa shape index (κ1) is 56.3. The van der Waals surface area contributed by atoms with Gasteiger partial charge in [-0.25, -0.2) is 4.98 Å². The van der Waals surface area contributed by atoms with Gasteiger partial charge in [0.2, 0.25) is 5.69 Å². The van der Waals surface area contributed by atoms with Gasteiger partial charge in [-0.15, -0.1) is 0 Å². The first-order chi connectivity index (χ1) is 37.8. The van der Waals surface area contributed by atoms with Crippen molar-refractivity contribution < 1.29 is 43.0 Å². The Kier molecular flexibility index (Phi) is 21.4. The van der Waals surface area contributed by atoms with Crippen LogP contribution < -0.4 is 23.5 Å². The summed E-state index contributed by atoms with van der Waals surface area (Å²) in [4.78, 5) is 22.0. The van der Waals surface area contributed by atoms with Crippen molar-refractivity contribution in [3.05, 3.63) is 264 Å². The number of nitrogens with zero attached hydrogens (tertiary/aromatic N) is 6. The standard InChI is InChI=1S/C29H27N2O2.C28H24N2O2.C10H8N2.Ru/c1-31-19-17-25(7-5-23-10-14-27(33-3)15-11-23)21-29(31)28-20-24(16-18-30-28)6-4-22-8-12-26(32-2)13-9-22;1-31-25-11-7-21(8-12-25)3-5-23-15-17-29-27(19-23)28-20-24(16-18-30-28)6-4-22-9-13-26(32-2)14-10-22;1-3-7-11-9(5-1)10-6-2-4-8-12-10;/h4-21H,1-3H3;3-20H,1-2H3;1-8H;/q+1;;;/b6-4+,7-5+;5-3+,6-4+;;. The monoisotopic (exact) mass is 1110 g/mol. The Morgan fingerprint density at radius 2 is 0.590 bits per heavy atom. The van der Waals surface area contributed by atoms with Gasteiger partial charge >= 0.3 is 0 Å². The van der Waals surface area contributed by atoms with E-state index in [1.54, 1.807) is 40.8 Å². The quantitative estimate of drug-likeness (QED) is 0.0733. The Hall–Kier alpha value is -9.44. The van der Waals surface area contributed by atoms with Crippen molar-refractivity contribution in [1.29, 1.82) is 0 Å². The largest absolute Gasteiger partial charge is 0.497 e. The van der Waals surface area contributed by atoms with Gasteiger partial charge in [0.15, 0.2) is 6.20 Å². The van der Waals surface area contributed by atoms with Crippen LogP contribution in [0, 0.1) is 0 Å². The van der Waals surface area contributed by atoms with Crippen molar-refractivity contribution in [1.82, 2.24) is 24.9 Å². The number of rotatable bonds is 15. The summed E-state index contributed by atoms with van der Waals surface area (Å²) in [5.74, 6) is 3.40. The van der Waals surface area contributed by atoms with E-state index in [0.717, 1.165) is 102 Å². The summed E-state index contributed by atoms with van der Waals surface area (Å²) in [6, 6.07) is 59.9. The van der Waals surface area contributed by atoms with Crippen LogP contribution in [-0.2, 0) is 26.5 Å². The maximum Gasteiger partial charge on any atom is 0.231 e. The maximum absolute atomic E-state index is 5.23. The van der Waals surface area contributed by atoms with Crippen molar-refractivity contribution in [2.45, 2.75) is 0 Å². The second-order valence-corrected chi connectivity index (χ2v) is 17.2. The second-order valence-electron chi connectivity index (χ2n) is 17.2. The van der Waals surface area contributed by atoms with Crippen molar-refractivity contribution in [3.63, 3.8) is 0 Å². The van der Waals surface area contributed by atoms with Crippen molar-refractivity contribution in [3.8, 4) is 57.2 Å². The average Bonchev–Trinajstić information content (AvgIpc) is 3.51. The maximum atomic E-state index is 5.23. The summed E-state index contributed by atoms with van der Waals surface area (Å²) < 4.78 is 23.0. The van der Waals surface area contributed by atoms with Gasteiger partial charge in [-0.1, -0.05) is 109 Å². The van der Waals surface area contributed by atoms with E-state index in [2.05, 4.69) is 102 Å². The minimum Gasteiger partial charge on any atom is -0.497 e. The molecule has 0 saturated heterocycles. The van der Waals surface area contributed by atoms with E-state index in [4.69, 9.17) is 18.9 Å². The van der Waals surface area contributed by atoms with Gasteiger partial charge < -0.3 is 18.9 Å². The normalized spacial score (nSPS) is 10.8. The number of methoxy groups -OCH3 is 4. The van der Waals surface area contributed by atoms with E-state index in [0.29, 0.717) is 0 Å². The molecule has 0 N–H and O–H groups in total. The van der Waals surface area contributed by atoms with E-state index in [1.807, 2.05) is 189 Å². The zero-order valence-corrected chi connectivity index (χ0v) is 45.8. The van der Waals surface area contributed by atoms with Crippen LogP contribution in [0.15, 0.2) is 219 Å². The van der Waals surface area contributed by atoms with Crippen LogP contribution in [0.5, 0.6) is 23.0 Å². The van der Waals surface area contributed by atoms with Gasteiger partial charge in [-0.05, 0) is 154 Å². The molecule has 0 radical (unpaired) electrons. The first-order valence-electron chi connectivity index (χ1n) is 24.8. The molecule has 4 aromatic carbocycles. The summed E-state index contributed by atoms with van der Waals surface area (Å²) >= 11 is 0. The molecule has 388 valence electrons. The molecule has 6 aromatic heterocycles. The fourth-order valence-electron chi connectivity index (χ4n) is 7.67. The molecule has 0 aliphatic rings. The molecule has 11 heteroatoms. The molecule has 78 heavy (non-hydrogen) atoms. The average molecular weight is 1110 g/mol. The van der Waals surface area contributed by atoms with E-state index in [1.165, 1.54) is 0 Å². The van der Waals surface area contributed by atoms with Gasteiger partial charge in [-0.2, -0.15) is 4.57 Å². The van der Waals surface area contributed by atoms with E-state index in [-0.39, 0.29) is 19.5 Å². The summed E-state index contributed by atoms with van der Waals surface area (Å²) in [5, 5.41) is 0. The molecule has 10 aromatic rings. The number of hydrogen-bond acceptors (Lipinski definition) is 9. The summed E-state index contributed by atoms with van der Waals surface area (Å²) in [6.45, 7) is 0. The van der Waals surface area contributed by atoms with Crippen molar-refractivity contribution in [2.24, 2.45) is 7.05 Å². The predicted octanol–water partition coefficient (Wildman–Crippen LogP) is 14.6. The Bertz CT molecular complexity index is 3420. The van der Waals surface area contributed by atoms with E-state index < -0.39 is 0 Å². The second kappa shape index (κ2) is 29.6. The summed E-state index contributed by atoms with van der Waals surface area (Å²) in [6.07, 6.45) is 27.7. The Labute approximate surface area is 470 Å². The summed E-state index contributed by atoms with van der Waals surface area (Å²) in [5.41, 5.74) is 14.2. The van der Waals surface area contributed by atoms with Crippen LogP contribution >= 0.6 is 0 Å². The van der Waals surface area contributed by atoms with Gasteiger partial charge in [0.05, 0.1) is 51.2 Å². The molecule has 0 bridgehead atoms. The van der Waals surface area contributed by atoms with Gasteiger partial charge in [0, 0.05) is 62.6 Å². The van der Waals surface area contributed by atoms with Crippen LogP contribution in [0.1, 0.15) is 44.5 Å². The topological polar surface area (TPSA) is 105 Å². The third-order valence-corrected chi connectivity index (χ3v) is 12.0. The Balaban J connectivity index is 0.000000185. The van der Waals surface area contributed by atoms with Crippen molar-refractivity contribution >= 4 is 48.6 Å².